The van der Waals surface area contributed by atoms with Crippen molar-refractivity contribution in [3.8, 4) is 0 Å². The van der Waals surface area contributed by atoms with Crippen LogP contribution < -0.4 is 0 Å². The van der Waals surface area contributed by atoms with Gasteiger partial charge in [0.1, 0.15) is 0 Å². The van der Waals surface area contributed by atoms with Gasteiger partial charge in [0, 0.05) is 19.2 Å². The van der Waals surface area contributed by atoms with Crippen molar-refractivity contribution in [3.63, 3.8) is 0 Å². The SMILES string of the molecule is O=C(O)C1CCN(C(=O)c2ccno2)CC1. The Labute approximate surface area is 91.8 Å². The lowest BCUT2D eigenvalue weighted by Crippen LogP contribution is -2.40. The Morgan fingerprint density at radius 3 is 2.62 bits per heavy atom. The number of hydrogen-bond donors (Lipinski definition) is 1. The zero-order valence-electron chi connectivity index (χ0n) is 8.63. The molecule has 2 heterocycles. The van der Waals surface area contributed by atoms with Crippen molar-refractivity contribution >= 4 is 11.9 Å². The van der Waals surface area contributed by atoms with Gasteiger partial charge < -0.3 is 14.5 Å². The number of carbonyl (C=O) groups is 2. The molecule has 16 heavy (non-hydrogen) atoms. The van der Waals surface area contributed by atoms with Gasteiger partial charge in [0.2, 0.25) is 5.76 Å². The van der Waals surface area contributed by atoms with Gasteiger partial charge >= 0.3 is 5.97 Å². The van der Waals surface area contributed by atoms with E-state index in [0.717, 1.165) is 0 Å². The summed E-state index contributed by atoms with van der Waals surface area (Å²) in [7, 11) is 0. The van der Waals surface area contributed by atoms with Gasteiger partial charge in [-0.2, -0.15) is 0 Å². The second kappa shape index (κ2) is 4.34. The van der Waals surface area contributed by atoms with E-state index in [0.29, 0.717) is 25.9 Å². The number of carboxylic acid groups (broad SMARTS) is 1. The maximum atomic E-state index is 11.8. The number of likely N-dealkylation sites (tertiary alicyclic amines) is 1. The summed E-state index contributed by atoms with van der Waals surface area (Å²) >= 11 is 0. The fourth-order valence-corrected chi connectivity index (χ4v) is 1.81. The van der Waals surface area contributed by atoms with Crippen LogP contribution in [-0.4, -0.2) is 40.1 Å². The van der Waals surface area contributed by atoms with Crippen LogP contribution in [-0.2, 0) is 4.79 Å². The predicted octanol–water partition coefficient (Wildman–Crippen LogP) is 0.611. The molecule has 86 valence electrons. The van der Waals surface area contributed by atoms with Crippen molar-refractivity contribution in [1.29, 1.82) is 0 Å². The van der Waals surface area contributed by atoms with Gasteiger partial charge in [0.15, 0.2) is 0 Å². The molecule has 1 aliphatic heterocycles. The van der Waals surface area contributed by atoms with Crippen LogP contribution in [0.3, 0.4) is 0 Å². The molecule has 0 atom stereocenters. The van der Waals surface area contributed by atoms with Gasteiger partial charge in [-0.05, 0) is 12.8 Å². The lowest BCUT2D eigenvalue weighted by Gasteiger charge is -2.29. The largest absolute Gasteiger partial charge is 0.481 e. The molecule has 0 saturated carbocycles. The topological polar surface area (TPSA) is 83.6 Å². The van der Waals surface area contributed by atoms with Crippen molar-refractivity contribution in [3.05, 3.63) is 18.0 Å². The number of amides is 1. The first-order valence-electron chi connectivity index (χ1n) is 5.11. The van der Waals surface area contributed by atoms with Crippen LogP contribution in [0.15, 0.2) is 16.8 Å². The van der Waals surface area contributed by atoms with Gasteiger partial charge in [-0.15, -0.1) is 0 Å². The van der Waals surface area contributed by atoms with Crippen LogP contribution >= 0.6 is 0 Å². The highest BCUT2D eigenvalue weighted by Crippen LogP contribution is 2.18. The standard InChI is InChI=1S/C10H12N2O4/c13-9(8-1-4-11-16-8)12-5-2-7(3-6-12)10(14)15/h1,4,7H,2-3,5-6H2,(H,14,15). The van der Waals surface area contributed by atoms with Gasteiger partial charge in [0.25, 0.3) is 5.91 Å². The molecule has 1 aromatic rings. The molecule has 6 heteroatoms. The maximum absolute atomic E-state index is 11.8. The van der Waals surface area contributed by atoms with Crippen LogP contribution in [0.5, 0.6) is 0 Å². The predicted molar refractivity (Wildman–Crippen MR) is 52.8 cm³/mol. The van der Waals surface area contributed by atoms with E-state index in [9.17, 15) is 9.59 Å². The van der Waals surface area contributed by atoms with Crippen molar-refractivity contribution in [2.75, 3.05) is 13.1 Å². The third-order valence-corrected chi connectivity index (χ3v) is 2.78. The molecule has 1 saturated heterocycles. The van der Waals surface area contributed by atoms with E-state index in [2.05, 4.69) is 5.16 Å². The molecule has 1 fully saturated rings. The highest BCUT2D eigenvalue weighted by molar-refractivity contribution is 5.91. The Kier molecular flexibility index (Phi) is 2.89. The third-order valence-electron chi connectivity index (χ3n) is 2.78. The first-order chi connectivity index (χ1) is 7.68. The molecule has 1 aromatic heterocycles. The minimum absolute atomic E-state index is 0.203. The Balaban J connectivity index is 1.94. The molecule has 0 radical (unpaired) electrons. The summed E-state index contributed by atoms with van der Waals surface area (Å²) in [6, 6.07) is 1.51. The molecule has 1 amide bonds. The van der Waals surface area contributed by atoms with Crippen LogP contribution in [0.1, 0.15) is 23.4 Å². The summed E-state index contributed by atoms with van der Waals surface area (Å²) in [5, 5.41) is 12.3. The average Bonchev–Trinajstić information content (AvgIpc) is 2.81. The van der Waals surface area contributed by atoms with Crippen molar-refractivity contribution < 1.29 is 19.2 Å². The zero-order valence-corrected chi connectivity index (χ0v) is 8.63. The lowest BCUT2D eigenvalue weighted by atomic mass is 9.97. The highest BCUT2D eigenvalue weighted by Gasteiger charge is 2.28. The normalized spacial score (nSPS) is 17.4. The van der Waals surface area contributed by atoms with Gasteiger partial charge in [-0.25, -0.2) is 0 Å². The van der Waals surface area contributed by atoms with E-state index < -0.39 is 5.97 Å². The van der Waals surface area contributed by atoms with Gasteiger partial charge in [-0.3, -0.25) is 9.59 Å². The van der Waals surface area contributed by atoms with E-state index >= 15 is 0 Å². The number of hydrogen-bond acceptors (Lipinski definition) is 4. The average molecular weight is 224 g/mol. The van der Waals surface area contributed by atoms with E-state index in [1.807, 2.05) is 0 Å². The second-order valence-electron chi connectivity index (χ2n) is 3.78. The molecule has 0 bridgehead atoms. The van der Waals surface area contributed by atoms with Crippen LogP contribution in [0.4, 0.5) is 0 Å². The maximum Gasteiger partial charge on any atom is 0.306 e. The summed E-state index contributed by atoms with van der Waals surface area (Å²) in [6.07, 6.45) is 2.40. The van der Waals surface area contributed by atoms with Crippen molar-refractivity contribution in [2.45, 2.75) is 12.8 Å². The molecule has 1 aliphatic rings. The Bertz CT molecular complexity index is 380. The molecule has 2 rings (SSSR count). The van der Waals surface area contributed by atoms with Crippen LogP contribution in [0, 0.1) is 5.92 Å². The van der Waals surface area contributed by atoms with E-state index in [1.54, 1.807) is 4.90 Å². The number of aliphatic carboxylic acids is 1. The minimum atomic E-state index is -0.785. The summed E-state index contributed by atoms with van der Waals surface area (Å²) in [5.74, 6) is -1.14. The van der Waals surface area contributed by atoms with Crippen LogP contribution in [0.2, 0.25) is 0 Å². The van der Waals surface area contributed by atoms with E-state index in [-0.39, 0.29) is 17.6 Å². The molecule has 6 nitrogen and oxygen atoms in total. The van der Waals surface area contributed by atoms with Crippen molar-refractivity contribution in [2.24, 2.45) is 5.92 Å². The minimum Gasteiger partial charge on any atom is -0.481 e. The summed E-state index contributed by atoms with van der Waals surface area (Å²) < 4.78 is 4.77. The molecule has 0 aromatic carbocycles. The first-order valence-corrected chi connectivity index (χ1v) is 5.11. The van der Waals surface area contributed by atoms with Crippen molar-refractivity contribution in [1.82, 2.24) is 10.1 Å². The van der Waals surface area contributed by atoms with Gasteiger partial charge in [-0.1, -0.05) is 5.16 Å². The molecule has 0 unspecified atom stereocenters. The Hall–Kier alpha value is -1.85. The van der Waals surface area contributed by atoms with E-state index in [1.165, 1.54) is 12.3 Å². The fraction of sp³-hybridized carbons (Fsp3) is 0.500. The monoisotopic (exact) mass is 224 g/mol. The molecular weight excluding hydrogens is 212 g/mol. The molecule has 0 aliphatic carbocycles. The number of nitrogens with zero attached hydrogens (tertiary/aromatic N) is 2. The number of carboxylic acids is 1. The number of rotatable bonds is 2. The highest BCUT2D eigenvalue weighted by atomic mass is 16.5. The smallest absolute Gasteiger partial charge is 0.306 e. The molecule has 1 N–H and O–H groups in total. The fourth-order valence-electron chi connectivity index (χ4n) is 1.81. The Morgan fingerprint density at radius 1 is 1.44 bits per heavy atom. The zero-order chi connectivity index (χ0) is 11.5. The van der Waals surface area contributed by atoms with Crippen LogP contribution in [0.25, 0.3) is 0 Å². The second-order valence-corrected chi connectivity index (χ2v) is 3.78. The summed E-state index contributed by atoms with van der Waals surface area (Å²) in [6.45, 7) is 0.910. The summed E-state index contributed by atoms with van der Waals surface area (Å²) in [4.78, 5) is 24.1. The summed E-state index contributed by atoms with van der Waals surface area (Å²) in [5.41, 5.74) is 0. The third kappa shape index (κ3) is 2.05. The first kappa shape index (κ1) is 10.7. The quantitative estimate of drug-likeness (QED) is 0.795. The number of aromatic nitrogens is 1. The number of carbonyl (C=O) groups excluding carboxylic acids is 1. The van der Waals surface area contributed by atoms with E-state index in [4.69, 9.17) is 9.63 Å². The number of piperidine rings is 1. The lowest BCUT2D eigenvalue weighted by molar-refractivity contribution is -0.143. The van der Waals surface area contributed by atoms with Gasteiger partial charge in [0.05, 0.1) is 12.1 Å². The molecule has 0 spiro atoms. The Morgan fingerprint density at radius 2 is 2.12 bits per heavy atom. The molecular formula is C10H12N2O4.